The highest BCUT2D eigenvalue weighted by atomic mass is 79.9. The van der Waals surface area contributed by atoms with E-state index in [1.807, 2.05) is 46.8 Å². The number of nitriles is 1. The topological polar surface area (TPSA) is 65.4 Å². The molecule has 0 bridgehead atoms. The SMILES string of the molecule is Cc1cc(NC2(C#N)CCN(C(=O)OC(C)(C)C)CC2)cc(C)c1Br. The summed E-state index contributed by atoms with van der Waals surface area (Å²) >= 11 is 3.57. The third-order valence-corrected chi connectivity index (χ3v) is 5.55. The van der Waals surface area contributed by atoms with Gasteiger partial charge in [-0.3, -0.25) is 0 Å². The second kappa shape index (κ2) is 7.25. The van der Waals surface area contributed by atoms with E-state index in [1.165, 1.54) is 0 Å². The smallest absolute Gasteiger partial charge is 0.410 e. The van der Waals surface area contributed by atoms with Crippen LogP contribution >= 0.6 is 15.9 Å². The summed E-state index contributed by atoms with van der Waals surface area (Å²) in [5.74, 6) is 0. The molecule has 1 amide bonds. The van der Waals surface area contributed by atoms with Crippen LogP contribution in [0.1, 0.15) is 44.7 Å². The van der Waals surface area contributed by atoms with Crippen LogP contribution in [0.15, 0.2) is 16.6 Å². The van der Waals surface area contributed by atoms with Crippen LogP contribution in [-0.2, 0) is 4.74 Å². The molecule has 0 radical (unpaired) electrons. The first-order valence-corrected chi connectivity index (χ1v) is 9.29. The van der Waals surface area contributed by atoms with Crippen LogP contribution in [0, 0.1) is 25.2 Å². The van der Waals surface area contributed by atoms with Crippen molar-refractivity contribution in [3.8, 4) is 6.07 Å². The number of piperidine rings is 1. The molecule has 5 nitrogen and oxygen atoms in total. The van der Waals surface area contributed by atoms with Crippen molar-refractivity contribution in [2.75, 3.05) is 18.4 Å². The Morgan fingerprint density at radius 2 is 1.80 bits per heavy atom. The summed E-state index contributed by atoms with van der Waals surface area (Å²) in [6, 6.07) is 6.50. The van der Waals surface area contributed by atoms with Crippen molar-refractivity contribution in [3.63, 3.8) is 0 Å². The first-order chi connectivity index (χ1) is 11.6. The maximum atomic E-state index is 12.2. The van der Waals surface area contributed by atoms with Crippen molar-refractivity contribution in [2.45, 2.75) is 58.6 Å². The van der Waals surface area contributed by atoms with Crippen LogP contribution in [0.4, 0.5) is 10.5 Å². The minimum atomic E-state index is -0.661. The summed E-state index contributed by atoms with van der Waals surface area (Å²) in [5, 5.41) is 13.2. The molecule has 0 saturated carbocycles. The van der Waals surface area contributed by atoms with Crippen LogP contribution < -0.4 is 5.32 Å². The summed E-state index contributed by atoms with van der Waals surface area (Å²) in [6.07, 6.45) is 0.822. The summed E-state index contributed by atoms with van der Waals surface area (Å²) in [6.45, 7) is 10.6. The van der Waals surface area contributed by atoms with Crippen molar-refractivity contribution >= 4 is 27.7 Å². The molecule has 1 aromatic carbocycles. The molecule has 0 unspecified atom stereocenters. The van der Waals surface area contributed by atoms with Gasteiger partial charge in [0.05, 0.1) is 6.07 Å². The van der Waals surface area contributed by atoms with Gasteiger partial charge in [-0.25, -0.2) is 4.79 Å². The van der Waals surface area contributed by atoms with E-state index in [0.717, 1.165) is 21.3 Å². The molecular weight excluding hydrogens is 382 g/mol. The fraction of sp³-hybridized carbons (Fsp3) is 0.579. The molecule has 1 aliphatic rings. The summed E-state index contributed by atoms with van der Waals surface area (Å²) < 4.78 is 6.51. The number of ether oxygens (including phenoxy) is 1. The lowest BCUT2D eigenvalue weighted by Gasteiger charge is -2.38. The van der Waals surface area contributed by atoms with Crippen molar-refractivity contribution < 1.29 is 9.53 Å². The van der Waals surface area contributed by atoms with Crippen LogP contribution in [0.5, 0.6) is 0 Å². The fourth-order valence-electron chi connectivity index (χ4n) is 2.96. The number of carbonyl (C=O) groups is 1. The van der Waals surface area contributed by atoms with Gasteiger partial charge in [0.15, 0.2) is 0 Å². The van der Waals surface area contributed by atoms with Crippen LogP contribution in [0.2, 0.25) is 0 Å². The highest BCUT2D eigenvalue weighted by Crippen LogP contribution is 2.31. The van der Waals surface area contributed by atoms with Crippen LogP contribution in [0.25, 0.3) is 0 Å². The number of hydrogen-bond donors (Lipinski definition) is 1. The first kappa shape index (κ1) is 19.6. The Hall–Kier alpha value is -1.74. The molecule has 0 aromatic heterocycles. The summed E-state index contributed by atoms with van der Waals surface area (Å²) in [4.78, 5) is 13.9. The number of likely N-dealkylation sites (tertiary alicyclic amines) is 1. The molecule has 1 N–H and O–H groups in total. The minimum absolute atomic E-state index is 0.311. The van der Waals surface area contributed by atoms with Gasteiger partial charge in [0, 0.05) is 36.1 Å². The molecule has 1 saturated heterocycles. The van der Waals surface area contributed by atoms with E-state index >= 15 is 0 Å². The molecule has 1 aromatic rings. The van der Waals surface area contributed by atoms with Crippen LogP contribution in [-0.4, -0.2) is 35.2 Å². The molecule has 2 rings (SSSR count). The van der Waals surface area contributed by atoms with E-state index in [9.17, 15) is 10.1 Å². The highest BCUT2D eigenvalue weighted by molar-refractivity contribution is 9.10. The molecule has 25 heavy (non-hydrogen) atoms. The second-order valence-corrected chi connectivity index (χ2v) is 8.50. The number of benzene rings is 1. The number of halogens is 1. The Kier molecular flexibility index (Phi) is 5.68. The van der Waals surface area contributed by atoms with Gasteiger partial charge in [-0.05, 0) is 57.9 Å². The fourth-order valence-corrected chi connectivity index (χ4v) is 3.19. The monoisotopic (exact) mass is 407 g/mol. The molecular formula is C19H26BrN3O2. The van der Waals surface area contributed by atoms with E-state index in [-0.39, 0.29) is 6.09 Å². The molecule has 0 atom stereocenters. The Balaban J connectivity index is 2.07. The molecule has 1 fully saturated rings. The Labute approximate surface area is 158 Å². The number of nitrogens with zero attached hydrogens (tertiary/aromatic N) is 2. The average Bonchev–Trinajstić information content (AvgIpc) is 2.51. The number of aryl methyl sites for hydroxylation is 2. The Bertz CT molecular complexity index is 673. The number of amides is 1. The van der Waals surface area contributed by atoms with E-state index in [0.29, 0.717) is 25.9 Å². The van der Waals surface area contributed by atoms with Crippen molar-refractivity contribution in [3.05, 3.63) is 27.7 Å². The number of rotatable bonds is 2. The standard InChI is InChI=1S/C19H26BrN3O2/c1-13-10-15(11-14(2)16(13)20)22-19(12-21)6-8-23(9-7-19)17(24)25-18(3,4)5/h10-11,22H,6-9H2,1-5H3. The largest absolute Gasteiger partial charge is 0.444 e. The zero-order valence-corrected chi connectivity index (χ0v) is 17.2. The lowest BCUT2D eigenvalue weighted by molar-refractivity contribution is 0.0195. The number of carbonyl (C=O) groups excluding carboxylic acids is 1. The average molecular weight is 408 g/mol. The predicted octanol–water partition coefficient (Wildman–Crippen LogP) is 4.77. The summed E-state index contributed by atoms with van der Waals surface area (Å²) in [7, 11) is 0. The molecule has 1 heterocycles. The van der Waals surface area contributed by atoms with Gasteiger partial charge < -0.3 is 15.0 Å². The zero-order chi connectivity index (χ0) is 18.8. The molecule has 6 heteroatoms. The zero-order valence-electron chi connectivity index (χ0n) is 15.6. The molecule has 1 aliphatic heterocycles. The number of nitrogens with one attached hydrogen (secondary N) is 1. The maximum absolute atomic E-state index is 12.2. The van der Waals surface area contributed by atoms with E-state index in [4.69, 9.17) is 4.74 Å². The van der Waals surface area contributed by atoms with Crippen molar-refractivity contribution in [1.82, 2.24) is 4.90 Å². The van der Waals surface area contributed by atoms with Crippen molar-refractivity contribution in [1.29, 1.82) is 5.26 Å². The van der Waals surface area contributed by atoms with Crippen LogP contribution in [0.3, 0.4) is 0 Å². The summed E-state index contributed by atoms with van der Waals surface area (Å²) in [5.41, 5.74) is 2.02. The Morgan fingerprint density at radius 3 is 2.24 bits per heavy atom. The quantitative estimate of drug-likeness (QED) is 0.766. The first-order valence-electron chi connectivity index (χ1n) is 8.49. The van der Waals surface area contributed by atoms with Gasteiger partial charge in [0.25, 0.3) is 0 Å². The highest BCUT2D eigenvalue weighted by Gasteiger charge is 2.37. The number of anilines is 1. The lowest BCUT2D eigenvalue weighted by Crippen LogP contribution is -2.51. The van der Waals surface area contributed by atoms with E-state index in [2.05, 4.69) is 27.3 Å². The third kappa shape index (κ3) is 4.88. The number of hydrogen-bond acceptors (Lipinski definition) is 4. The van der Waals surface area contributed by atoms with Gasteiger partial charge in [0.1, 0.15) is 11.1 Å². The molecule has 0 spiro atoms. The predicted molar refractivity (Wildman–Crippen MR) is 103 cm³/mol. The van der Waals surface area contributed by atoms with Crippen molar-refractivity contribution in [2.24, 2.45) is 0 Å². The van der Waals surface area contributed by atoms with E-state index < -0.39 is 11.1 Å². The maximum Gasteiger partial charge on any atom is 0.410 e. The van der Waals surface area contributed by atoms with Gasteiger partial charge >= 0.3 is 6.09 Å². The lowest BCUT2D eigenvalue weighted by atomic mass is 9.88. The van der Waals surface area contributed by atoms with Gasteiger partial charge in [-0.15, -0.1) is 0 Å². The minimum Gasteiger partial charge on any atom is -0.444 e. The normalized spacial score (nSPS) is 16.9. The Morgan fingerprint density at radius 1 is 1.28 bits per heavy atom. The van der Waals surface area contributed by atoms with E-state index in [1.54, 1.807) is 4.90 Å². The molecule has 0 aliphatic carbocycles. The third-order valence-electron chi connectivity index (χ3n) is 4.30. The second-order valence-electron chi connectivity index (χ2n) is 7.71. The van der Waals surface area contributed by atoms with Gasteiger partial charge in [-0.1, -0.05) is 15.9 Å². The molecule has 136 valence electrons. The van der Waals surface area contributed by atoms with Gasteiger partial charge in [0.2, 0.25) is 0 Å². The van der Waals surface area contributed by atoms with Gasteiger partial charge in [-0.2, -0.15) is 5.26 Å².